The minimum absolute atomic E-state index is 0.0479. The Labute approximate surface area is 201 Å². The third kappa shape index (κ3) is 4.97. The number of fused-ring (bicyclic) bond motifs is 1. The Balaban J connectivity index is 1.47. The van der Waals surface area contributed by atoms with Gasteiger partial charge in [0.15, 0.2) is 11.6 Å². The van der Waals surface area contributed by atoms with Crippen molar-refractivity contribution in [3.63, 3.8) is 0 Å². The van der Waals surface area contributed by atoms with Crippen molar-refractivity contribution in [2.75, 3.05) is 12.8 Å². The third-order valence-corrected chi connectivity index (χ3v) is 6.89. The van der Waals surface area contributed by atoms with Crippen molar-refractivity contribution in [3.8, 4) is 0 Å². The van der Waals surface area contributed by atoms with Crippen LogP contribution in [0.5, 0.6) is 0 Å². The lowest BCUT2D eigenvalue weighted by atomic mass is 9.94. The number of halogens is 2. The van der Waals surface area contributed by atoms with E-state index >= 15 is 0 Å². The largest absolute Gasteiger partial charge is 0.348 e. The Morgan fingerprint density at radius 1 is 1.15 bits per heavy atom. The zero-order valence-electron chi connectivity index (χ0n) is 19.0. The molecule has 0 spiro atoms. The van der Waals surface area contributed by atoms with E-state index in [1.165, 1.54) is 23.9 Å². The van der Waals surface area contributed by atoms with E-state index in [0.717, 1.165) is 33.3 Å². The van der Waals surface area contributed by atoms with Gasteiger partial charge in [0.05, 0.1) is 12.0 Å². The van der Waals surface area contributed by atoms with Gasteiger partial charge in [-0.3, -0.25) is 14.6 Å². The summed E-state index contributed by atoms with van der Waals surface area (Å²) in [6, 6.07) is 11.3. The summed E-state index contributed by atoms with van der Waals surface area (Å²) in [7, 11) is 0. The minimum Gasteiger partial charge on any atom is -0.348 e. The van der Waals surface area contributed by atoms with Crippen LogP contribution in [-0.2, 0) is 30.7 Å². The van der Waals surface area contributed by atoms with Gasteiger partial charge in [-0.25, -0.2) is 8.78 Å². The molecule has 0 saturated carbocycles. The molecule has 4 rings (SSSR count). The van der Waals surface area contributed by atoms with E-state index in [9.17, 15) is 18.4 Å². The highest BCUT2D eigenvalue weighted by Crippen LogP contribution is 2.25. The van der Waals surface area contributed by atoms with Crippen molar-refractivity contribution in [1.29, 1.82) is 0 Å². The Kier molecular flexibility index (Phi) is 7.26. The highest BCUT2D eigenvalue weighted by atomic mass is 32.2. The molecule has 1 aromatic heterocycles. The number of benzene rings is 2. The van der Waals surface area contributed by atoms with E-state index in [1.54, 1.807) is 17.2 Å². The molecular formula is C26H25F2N3O2S. The second-order valence-electron chi connectivity index (χ2n) is 8.16. The second-order valence-corrected chi connectivity index (χ2v) is 9.01. The van der Waals surface area contributed by atoms with Crippen LogP contribution in [-0.4, -0.2) is 34.5 Å². The van der Waals surface area contributed by atoms with Crippen LogP contribution in [0.1, 0.15) is 38.3 Å². The number of amides is 2. The van der Waals surface area contributed by atoms with E-state index in [0.29, 0.717) is 31.6 Å². The van der Waals surface area contributed by atoms with E-state index in [1.807, 2.05) is 31.4 Å². The summed E-state index contributed by atoms with van der Waals surface area (Å²) in [6.45, 7) is 3.05. The van der Waals surface area contributed by atoms with Gasteiger partial charge < -0.3 is 10.2 Å². The van der Waals surface area contributed by atoms with E-state index in [4.69, 9.17) is 0 Å². The van der Waals surface area contributed by atoms with Gasteiger partial charge >= 0.3 is 0 Å². The number of carbonyl (C=O) groups excluding carboxylic acids is 2. The zero-order chi connectivity index (χ0) is 24.2. The summed E-state index contributed by atoms with van der Waals surface area (Å²) in [5, 5.41) is 3.01. The summed E-state index contributed by atoms with van der Waals surface area (Å²) in [5.41, 5.74) is 4.44. The van der Waals surface area contributed by atoms with Crippen LogP contribution in [0.3, 0.4) is 0 Å². The highest BCUT2D eigenvalue weighted by Gasteiger charge is 2.25. The molecule has 2 aromatic carbocycles. The predicted octanol–water partition coefficient (Wildman–Crippen LogP) is 4.45. The van der Waals surface area contributed by atoms with Crippen LogP contribution in [0.2, 0.25) is 0 Å². The van der Waals surface area contributed by atoms with Crippen LogP contribution in [0.15, 0.2) is 53.6 Å². The van der Waals surface area contributed by atoms with E-state index < -0.39 is 11.6 Å². The molecule has 1 aliphatic rings. The number of nitrogens with zero attached hydrogens (tertiary/aromatic N) is 2. The molecule has 2 heterocycles. The smallest absolute Gasteiger partial charge is 0.252 e. The zero-order valence-corrected chi connectivity index (χ0v) is 19.8. The number of pyridine rings is 1. The number of aryl methyl sites for hydroxylation is 1. The molecule has 0 bridgehead atoms. The average Bonchev–Trinajstić information content (AvgIpc) is 2.85. The van der Waals surface area contributed by atoms with Crippen molar-refractivity contribution >= 4 is 23.6 Å². The Morgan fingerprint density at radius 3 is 2.74 bits per heavy atom. The van der Waals surface area contributed by atoms with E-state index in [2.05, 4.69) is 10.3 Å². The van der Waals surface area contributed by atoms with Crippen molar-refractivity contribution < 1.29 is 18.4 Å². The van der Waals surface area contributed by atoms with Crippen molar-refractivity contribution in [3.05, 3.63) is 93.8 Å². The van der Waals surface area contributed by atoms with Gasteiger partial charge in [-0.15, -0.1) is 11.8 Å². The molecule has 0 unspecified atom stereocenters. The van der Waals surface area contributed by atoms with Gasteiger partial charge in [-0.2, -0.15) is 0 Å². The molecule has 0 radical (unpaired) electrons. The average molecular weight is 482 g/mol. The lowest BCUT2D eigenvalue weighted by Gasteiger charge is -2.30. The SMILES string of the molecule is CSc1ccccc1C(=O)NCc1c(C)ncc2c1CCN(C(=O)Cc1cccc(F)c1F)C2. The highest BCUT2D eigenvalue weighted by molar-refractivity contribution is 7.98. The van der Waals surface area contributed by atoms with Crippen molar-refractivity contribution in [2.45, 2.75) is 37.8 Å². The molecule has 3 aromatic rings. The summed E-state index contributed by atoms with van der Waals surface area (Å²) < 4.78 is 27.5. The number of nitrogens with one attached hydrogen (secondary N) is 1. The number of aromatic nitrogens is 1. The first kappa shape index (κ1) is 23.9. The van der Waals surface area contributed by atoms with Gasteiger partial charge in [-0.1, -0.05) is 24.3 Å². The number of carbonyl (C=O) groups is 2. The maximum Gasteiger partial charge on any atom is 0.252 e. The molecule has 0 atom stereocenters. The van der Waals surface area contributed by atoms with Gasteiger partial charge in [0, 0.05) is 42.0 Å². The fourth-order valence-electron chi connectivity index (χ4n) is 4.23. The molecular weight excluding hydrogens is 456 g/mol. The summed E-state index contributed by atoms with van der Waals surface area (Å²) in [4.78, 5) is 32.6. The summed E-state index contributed by atoms with van der Waals surface area (Å²) in [5.74, 6) is -2.35. The van der Waals surface area contributed by atoms with Crippen molar-refractivity contribution in [2.24, 2.45) is 0 Å². The molecule has 176 valence electrons. The number of thioether (sulfide) groups is 1. The van der Waals surface area contributed by atoms with Gasteiger partial charge in [0.1, 0.15) is 0 Å². The van der Waals surface area contributed by atoms with Crippen LogP contribution < -0.4 is 5.32 Å². The van der Waals surface area contributed by atoms with Crippen LogP contribution in [0.4, 0.5) is 8.78 Å². The number of rotatable bonds is 6. The normalized spacial score (nSPS) is 12.9. The lowest BCUT2D eigenvalue weighted by Crippen LogP contribution is -2.38. The second kappa shape index (κ2) is 10.3. The topological polar surface area (TPSA) is 62.3 Å². The molecule has 0 saturated heterocycles. The van der Waals surface area contributed by atoms with Gasteiger partial charge in [-0.05, 0) is 54.5 Å². The molecule has 1 N–H and O–H groups in total. The van der Waals surface area contributed by atoms with Crippen LogP contribution in [0.25, 0.3) is 0 Å². The summed E-state index contributed by atoms with van der Waals surface area (Å²) in [6.07, 6.45) is 4.09. The molecule has 34 heavy (non-hydrogen) atoms. The Hall–Kier alpha value is -3.26. The standard InChI is InChI=1S/C26H25F2N3O2S/c1-16-21(14-30-26(33)20-7-3-4-9-23(20)34-2)19-10-11-31(15-18(19)13-29-16)24(32)12-17-6-5-8-22(27)25(17)28/h3-9,13H,10-12,14-15H2,1-2H3,(H,30,33). The Bertz CT molecular complexity index is 1250. The third-order valence-electron chi connectivity index (χ3n) is 6.10. The monoisotopic (exact) mass is 481 g/mol. The van der Waals surface area contributed by atoms with Crippen molar-refractivity contribution in [1.82, 2.24) is 15.2 Å². The first-order chi connectivity index (χ1) is 16.4. The molecule has 1 aliphatic heterocycles. The molecule has 8 heteroatoms. The quantitative estimate of drug-likeness (QED) is 0.529. The fraction of sp³-hybridized carbons (Fsp3) is 0.269. The lowest BCUT2D eigenvalue weighted by molar-refractivity contribution is -0.131. The first-order valence-electron chi connectivity index (χ1n) is 11.0. The molecule has 2 amide bonds. The fourth-order valence-corrected chi connectivity index (χ4v) is 4.82. The van der Waals surface area contributed by atoms with Crippen LogP contribution in [0, 0.1) is 18.6 Å². The maximum absolute atomic E-state index is 14.0. The Morgan fingerprint density at radius 2 is 1.94 bits per heavy atom. The predicted molar refractivity (Wildman–Crippen MR) is 128 cm³/mol. The summed E-state index contributed by atoms with van der Waals surface area (Å²) >= 11 is 1.52. The minimum atomic E-state index is -0.980. The van der Waals surface area contributed by atoms with Gasteiger partial charge in [0.2, 0.25) is 5.91 Å². The number of hydrogen-bond acceptors (Lipinski definition) is 4. The molecule has 5 nitrogen and oxygen atoms in total. The molecule has 0 aliphatic carbocycles. The van der Waals surface area contributed by atoms with Gasteiger partial charge in [0.25, 0.3) is 5.91 Å². The maximum atomic E-state index is 14.0. The van der Waals surface area contributed by atoms with E-state index in [-0.39, 0.29) is 23.8 Å². The number of hydrogen-bond donors (Lipinski definition) is 1. The van der Waals surface area contributed by atoms with Crippen LogP contribution >= 0.6 is 11.8 Å². The first-order valence-corrected chi connectivity index (χ1v) is 12.2. The molecule has 0 fully saturated rings.